The second-order valence-corrected chi connectivity index (χ2v) is 10.0. The molecule has 0 radical (unpaired) electrons. The predicted octanol–water partition coefficient (Wildman–Crippen LogP) is 4.00. The molecule has 0 aromatic rings. The maximum Gasteiger partial charge on any atom is 0.0647 e. The molecule has 4 fully saturated rings. The number of aliphatic hydroxyl groups is 2. The van der Waals surface area contributed by atoms with Crippen LogP contribution in [0.5, 0.6) is 0 Å². The van der Waals surface area contributed by atoms with Crippen LogP contribution in [-0.2, 0) is 0 Å². The van der Waals surface area contributed by atoms with Crippen LogP contribution in [0.15, 0.2) is 0 Å². The normalized spacial score (nSPS) is 56.9. The summed E-state index contributed by atoms with van der Waals surface area (Å²) >= 11 is 0. The molecule has 0 spiro atoms. The van der Waals surface area contributed by atoms with Gasteiger partial charge in [-0.25, -0.2) is 0 Å². The lowest BCUT2D eigenvalue weighted by Crippen LogP contribution is -2.50. The van der Waals surface area contributed by atoms with Crippen molar-refractivity contribution in [2.24, 2.45) is 40.4 Å². The summed E-state index contributed by atoms with van der Waals surface area (Å²) in [6.07, 6.45) is 9.61. The van der Waals surface area contributed by atoms with Gasteiger partial charge >= 0.3 is 0 Å². The Bertz CT molecular complexity index is 445. The highest BCUT2D eigenvalue weighted by molar-refractivity contribution is 5.11. The summed E-state index contributed by atoms with van der Waals surface area (Å²) in [6, 6.07) is 0. The molecule has 4 saturated carbocycles. The van der Waals surface area contributed by atoms with Crippen molar-refractivity contribution in [3.05, 3.63) is 0 Å². The molecule has 4 rings (SSSR count). The minimum absolute atomic E-state index is 0.0288. The van der Waals surface area contributed by atoms with E-state index in [0.717, 1.165) is 42.4 Å². The third-order valence-corrected chi connectivity index (χ3v) is 8.48. The van der Waals surface area contributed by atoms with E-state index in [4.69, 9.17) is 0 Å². The zero-order chi connectivity index (χ0) is 15.7. The molecular weight excluding hydrogens is 272 g/mol. The highest BCUT2D eigenvalue weighted by Gasteiger charge is 2.61. The third kappa shape index (κ3) is 2.05. The van der Waals surface area contributed by atoms with Crippen molar-refractivity contribution in [1.82, 2.24) is 0 Å². The Morgan fingerprint density at radius 3 is 2.32 bits per heavy atom. The molecular formula is C20H34O2. The van der Waals surface area contributed by atoms with E-state index >= 15 is 0 Å². The van der Waals surface area contributed by atoms with Gasteiger partial charge in [0.25, 0.3) is 0 Å². The lowest BCUT2D eigenvalue weighted by molar-refractivity contribution is -0.0970. The lowest BCUT2D eigenvalue weighted by Gasteiger charge is -2.55. The van der Waals surface area contributed by atoms with Crippen LogP contribution in [0.3, 0.4) is 0 Å². The van der Waals surface area contributed by atoms with Crippen LogP contribution < -0.4 is 0 Å². The van der Waals surface area contributed by atoms with E-state index in [1.807, 2.05) is 0 Å². The van der Waals surface area contributed by atoms with Crippen molar-refractivity contribution in [2.45, 2.75) is 84.3 Å². The quantitative estimate of drug-likeness (QED) is 0.710. The Morgan fingerprint density at radius 2 is 1.55 bits per heavy atom. The molecule has 0 aliphatic heterocycles. The standard InChI is InChI=1S/C20H34O2/c1-19(2)11-17-16-6-4-12-10-13(21)5-7-14(12)15(16)8-9-20(17,3)18(19)22/h12-18,21-22H,4-11H2,1-3H3. The maximum absolute atomic E-state index is 10.9. The predicted molar refractivity (Wildman–Crippen MR) is 88.3 cm³/mol. The number of rotatable bonds is 0. The van der Waals surface area contributed by atoms with Gasteiger partial charge < -0.3 is 10.2 Å². The van der Waals surface area contributed by atoms with Crippen LogP contribution >= 0.6 is 0 Å². The maximum atomic E-state index is 10.9. The van der Waals surface area contributed by atoms with Gasteiger partial charge in [0, 0.05) is 0 Å². The molecule has 0 amide bonds. The van der Waals surface area contributed by atoms with Crippen molar-refractivity contribution < 1.29 is 10.2 Å². The van der Waals surface area contributed by atoms with Gasteiger partial charge in [0.05, 0.1) is 12.2 Å². The number of hydrogen-bond donors (Lipinski definition) is 2. The fourth-order valence-corrected chi connectivity index (χ4v) is 7.47. The summed E-state index contributed by atoms with van der Waals surface area (Å²) in [4.78, 5) is 0. The molecule has 0 aromatic heterocycles. The molecule has 4 aliphatic carbocycles. The first-order valence-corrected chi connectivity index (χ1v) is 9.69. The molecule has 2 heteroatoms. The van der Waals surface area contributed by atoms with E-state index in [9.17, 15) is 10.2 Å². The topological polar surface area (TPSA) is 40.5 Å². The summed E-state index contributed by atoms with van der Waals surface area (Å²) in [7, 11) is 0. The monoisotopic (exact) mass is 306 g/mol. The number of aliphatic hydroxyl groups excluding tert-OH is 2. The lowest BCUT2D eigenvalue weighted by atomic mass is 9.50. The van der Waals surface area contributed by atoms with Gasteiger partial charge in [-0.15, -0.1) is 0 Å². The van der Waals surface area contributed by atoms with Crippen LogP contribution in [0.4, 0.5) is 0 Å². The fraction of sp³-hybridized carbons (Fsp3) is 1.00. The Kier molecular flexibility index (Phi) is 3.48. The molecule has 8 unspecified atom stereocenters. The Hall–Kier alpha value is -0.0800. The molecule has 4 aliphatic rings. The highest BCUT2D eigenvalue weighted by Crippen LogP contribution is 2.66. The largest absolute Gasteiger partial charge is 0.393 e. The van der Waals surface area contributed by atoms with Crippen LogP contribution in [0.2, 0.25) is 0 Å². The van der Waals surface area contributed by atoms with Crippen LogP contribution in [0, 0.1) is 40.4 Å². The first-order chi connectivity index (χ1) is 10.3. The molecule has 126 valence electrons. The summed E-state index contributed by atoms with van der Waals surface area (Å²) < 4.78 is 0. The van der Waals surface area contributed by atoms with E-state index in [1.165, 1.54) is 38.5 Å². The molecule has 2 nitrogen and oxygen atoms in total. The van der Waals surface area contributed by atoms with E-state index < -0.39 is 0 Å². The summed E-state index contributed by atoms with van der Waals surface area (Å²) in [5.41, 5.74) is 0.250. The van der Waals surface area contributed by atoms with Crippen molar-refractivity contribution in [3.8, 4) is 0 Å². The molecule has 0 heterocycles. The van der Waals surface area contributed by atoms with Gasteiger partial charge in [-0.2, -0.15) is 0 Å². The van der Waals surface area contributed by atoms with Crippen molar-refractivity contribution in [2.75, 3.05) is 0 Å². The second kappa shape index (κ2) is 4.96. The van der Waals surface area contributed by atoms with Crippen LogP contribution in [0.1, 0.15) is 72.1 Å². The van der Waals surface area contributed by atoms with Crippen LogP contribution in [-0.4, -0.2) is 22.4 Å². The average Bonchev–Trinajstić information content (AvgIpc) is 2.66. The zero-order valence-electron chi connectivity index (χ0n) is 14.6. The molecule has 8 atom stereocenters. The minimum Gasteiger partial charge on any atom is -0.393 e. The fourth-order valence-electron chi connectivity index (χ4n) is 7.47. The molecule has 0 bridgehead atoms. The van der Waals surface area contributed by atoms with Gasteiger partial charge in [0.1, 0.15) is 0 Å². The zero-order valence-corrected chi connectivity index (χ0v) is 14.6. The van der Waals surface area contributed by atoms with E-state index in [1.54, 1.807) is 0 Å². The second-order valence-electron chi connectivity index (χ2n) is 10.0. The van der Waals surface area contributed by atoms with E-state index in [0.29, 0.717) is 0 Å². The Balaban J connectivity index is 1.60. The summed E-state index contributed by atoms with van der Waals surface area (Å²) in [5.74, 6) is 4.10. The number of fused-ring (bicyclic) bond motifs is 5. The Morgan fingerprint density at radius 1 is 0.818 bits per heavy atom. The molecule has 2 N–H and O–H groups in total. The first kappa shape index (κ1) is 15.4. The SMILES string of the molecule is CC1(C)CC2C3CCC4CC(O)CCC4C3CCC2(C)C1O. The summed E-state index contributed by atoms with van der Waals surface area (Å²) in [5, 5.41) is 20.9. The summed E-state index contributed by atoms with van der Waals surface area (Å²) in [6.45, 7) is 6.93. The van der Waals surface area contributed by atoms with Crippen LogP contribution in [0.25, 0.3) is 0 Å². The minimum atomic E-state index is -0.128. The third-order valence-electron chi connectivity index (χ3n) is 8.48. The average molecular weight is 306 g/mol. The first-order valence-electron chi connectivity index (χ1n) is 9.69. The van der Waals surface area contributed by atoms with Gasteiger partial charge in [0.2, 0.25) is 0 Å². The van der Waals surface area contributed by atoms with Gasteiger partial charge in [-0.3, -0.25) is 0 Å². The highest BCUT2D eigenvalue weighted by atomic mass is 16.3. The number of hydrogen-bond acceptors (Lipinski definition) is 2. The van der Waals surface area contributed by atoms with Gasteiger partial charge in [0.15, 0.2) is 0 Å². The van der Waals surface area contributed by atoms with Crippen molar-refractivity contribution in [1.29, 1.82) is 0 Å². The molecule has 22 heavy (non-hydrogen) atoms. The molecule has 0 saturated heterocycles. The van der Waals surface area contributed by atoms with Gasteiger partial charge in [-0.1, -0.05) is 20.8 Å². The molecule has 0 aromatic carbocycles. The van der Waals surface area contributed by atoms with Crippen molar-refractivity contribution in [3.63, 3.8) is 0 Å². The van der Waals surface area contributed by atoms with Crippen molar-refractivity contribution >= 4 is 0 Å². The van der Waals surface area contributed by atoms with E-state index in [-0.39, 0.29) is 23.0 Å². The smallest absolute Gasteiger partial charge is 0.0647 e. The van der Waals surface area contributed by atoms with E-state index in [2.05, 4.69) is 20.8 Å². The Labute approximate surface area is 135 Å². The van der Waals surface area contributed by atoms with Gasteiger partial charge in [-0.05, 0) is 91.8 Å².